The Kier molecular flexibility index (Phi) is 6.18. The molecule has 21 heavy (non-hydrogen) atoms. The van der Waals surface area contributed by atoms with E-state index in [0.29, 0.717) is 17.3 Å². The van der Waals surface area contributed by atoms with Gasteiger partial charge >= 0.3 is 11.8 Å². The van der Waals surface area contributed by atoms with E-state index in [-0.39, 0.29) is 5.41 Å². The first kappa shape index (κ1) is 17.5. The van der Waals surface area contributed by atoms with E-state index in [1.807, 2.05) is 32.8 Å². The lowest BCUT2D eigenvalue weighted by atomic mass is 9.93. The van der Waals surface area contributed by atoms with Crippen molar-refractivity contribution in [3.63, 3.8) is 0 Å². The van der Waals surface area contributed by atoms with Gasteiger partial charge in [0.1, 0.15) is 0 Å². The summed E-state index contributed by atoms with van der Waals surface area (Å²) in [7, 11) is 3.94. The van der Waals surface area contributed by atoms with E-state index in [9.17, 15) is 9.59 Å². The molecule has 0 saturated heterocycles. The Morgan fingerprint density at radius 3 is 2.24 bits per heavy atom. The average molecular weight is 312 g/mol. The zero-order chi connectivity index (χ0) is 16.0. The van der Waals surface area contributed by atoms with E-state index >= 15 is 0 Å². The van der Waals surface area contributed by atoms with E-state index in [0.717, 1.165) is 6.54 Å². The smallest absolute Gasteiger partial charge is 0.313 e. The molecule has 0 aliphatic carbocycles. The number of carbonyl (C=O) groups is 2. The number of nitrogens with zero attached hydrogens (tertiary/aromatic N) is 1. The molecule has 0 atom stereocenters. The lowest BCUT2D eigenvalue weighted by Crippen LogP contribution is -2.43. The number of nitrogens with one attached hydrogen (secondary N) is 2. The fourth-order valence-corrected chi connectivity index (χ4v) is 2.16. The fourth-order valence-electron chi connectivity index (χ4n) is 2.03. The van der Waals surface area contributed by atoms with Gasteiger partial charge in [-0.1, -0.05) is 25.4 Å². The van der Waals surface area contributed by atoms with Crippen LogP contribution in [0.25, 0.3) is 0 Å². The van der Waals surface area contributed by atoms with Gasteiger partial charge in [0.25, 0.3) is 0 Å². The van der Waals surface area contributed by atoms with Gasteiger partial charge in [0.2, 0.25) is 0 Å². The first-order chi connectivity index (χ1) is 9.69. The third-order valence-electron chi connectivity index (χ3n) is 2.78. The summed E-state index contributed by atoms with van der Waals surface area (Å²) < 4.78 is 0. The van der Waals surface area contributed by atoms with Crippen molar-refractivity contribution in [3.8, 4) is 0 Å². The summed E-state index contributed by atoms with van der Waals surface area (Å²) in [4.78, 5) is 25.6. The highest BCUT2D eigenvalue weighted by Crippen LogP contribution is 2.15. The van der Waals surface area contributed by atoms with Gasteiger partial charge in [0.15, 0.2) is 0 Å². The van der Waals surface area contributed by atoms with Crippen molar-refractivity contribution >= 4 is 29.1 Å². The number of benzene rings is 1. The van der Waals surface area contributed by atoms with Gasteiger partial charge in [-0.2, -0.15) is 0 Å². The minimum absolute atomic E-state index is 0.111. The molecular formula is C15H22ClN3O2. The normalized spacial score (nSPS) is 11.3. The molecule has 0 bridgehead atoms. The van der Waals surface area contributed by atoms with Gasteiger partial charge < -0.3 is 15.5 Å². The van der Waals surface area contributed by atoms with E-state index in [1.165, 1.54) is 0 Å². The highest BCUT2D eigenvalue weighted by atomic mass is 35.5. The van der Waals surface area contributed by atoms with Crippen molar-refractivity contribution in [2.45, 2.75) is 13.8 Å². The summed E-state index contributed by atoms with van der Waals surface area (Å²) in [6, 6.07) is 6.58. The minimum Gasteiger partial charge on any atom is -0.347 e. The van der Waals surface area contributed by atoms with Crippen molar-refractivity contribution in [3.05, 3.63) is 29.3 Å². The fraction of sp³-hybridized carbons (Fsp3) is 0.467. The topological polar surface area (TPSA) is 61.4 Å². The standard InChI is InChI=1S/C15H22ClN3O2/c1-15(2,10-19(3)4)9-17-13(20)14(21)18-12-7-5-11(16)6-8-12/h5-8H,9-10H2,1-4H3,(H,17,20)(H,18,21). The number of carbonyl (C=O) groups excluding carboxylic acids is 2. The summed E-state index contributed by atoms with van der Waals surface area (Å²) in [5, 5.41) is 5.75. The zero-order valence-corrected chi connectivity index (χ0v) is 13.6. The molecule has 0 aromatic heterocycles. The number of hydrogen-bond acceptors (Lipinski definition) is 3. The van der Waals surface area contributed by atoms with Crippen LogP contribution >= 0.6 is 11.6 Å². The second-order valence-corrected chi connectivity index (χ2v) is 6.48. The Bertz CT molecular complexity index is 498. The molecule has 0 heterocycles. The van der Waals surface area contributed by atoms with Gasteiger partial charge in [-0.3, -0.25) is 9.59 Å². The quantitative estimate of drug-likeness (QED) is 0.817. The maximum atomic E-state index is 11.8. The van der Waals surface area contributed by atoms with Gasteiger partial charge in [-0.05, 0) is 43.8 Å². The molecule has 0 aliphatic heterocycles. The third kappa shape index (κ3) is 6.60. The molecule has 1 aromatic carbocycles. The highest BCUT2D eigenvalue weighted by molar-refractivity contribution is 6.39. The lowest BCUT2D eigenvalue weighted by Gasteiger charge is -2.28. The first-order valence-electron chi connectivity index (χ1n) is 6.69. The number of halogens is 1. The first-order valence-corrected chi connectivity index (χ1v) is 7.07. The van der Waals surface area contributed by atoms with Gasteiger partial charge in [0.05, 0.1) is 0 Å². The monoisotopic (exact) mass is 311 g/mol. The van der Waals surface area contributed by atoms with Crippen LogP contribution in [0, 0.1) is 5.41 Å². The van der Waals surface area contributed by atoms with Crippen LogP contribution in [0.15, 0.2) is 24.3 Å². The minimum atomic E-state index is -0.682. The predicted molar refractivity (Wildman–Crippen MR) is 85.4 cm³/mol. The van der Waals surface area contributed by atoms with Crippen LogP contribution in [0.4, 0.5) is 5.69 Å². The van der Waals surface area contributed by atoms with Crippen LogP contribution in [0.5, 0.6) is 0 Å². The number of rotatable bonds is 5. The highest BCUT2D eigenvalue weighted by Gasteiger charge is 2.22. The Hall–Kier alpha value is -1.59. The molecule has 0 saturated carbocycles. The summed E-state index contributed by atoms with van der Waals surface area (Å²) in [5.41, 5.74) is 0.423. The van der Waals surface area contributed by atoms with Crippen LogP contribution < -0.4 is 10.6 Å². The van der Waals surface area contributed by atoms with Crippen LogP contribution in [0.2, 0.25) is 5.02 Å². The SMILES string of the molecule is CN(C)CC(C)(C)CNC(=O)C(=O)Nc1ccc(Cl)cc1. The molecule has 5 nitrogen and oxygen atoms in total. The Labute approximate surface area is 130 Å². The van der Waals surface area contributed by atoms with Crippen LogP contribution in [-0.4, -0.2) is 43.9 Å². The van der Waals surface area contributed by atoms with Crippen molar-refractivity contribution in [1.29, 1.82) is 0 Å². The van der Waals surface area contributed by atoms with Crippen molar-refractivity contribution in [2.75, 3.05) is 32.5 Å². The Balaban J connectivity index is 2.48. The van der Waals surface area contributed by atoms with E-state index < -0.39 is 11.8 Å². The molecule has 116 valence electrons. The van der Waals surface area contributed by atoms with E-state index in [1.54, 1.807) is 24.3 Å². The molecule has 1 rings (SSSR count). The maximum absolute atomic E-state index is 11.8. The molecule has 1 aromatic rings. The molecule has 2 N–H and O–H groups in total. The molecule has 0 aliphatic rings. The van der Waals surface area contributed by atoms with Crippen molar-refractivity contribution in [2.24, 2.45) is 5.41 Å². The second kappa shape index (κ2) is 7.43. The molecule has 6 heteroatoms. The van der Waals surface area contributed by atoms with Gasteiger partial charge in [-0.15, -0.1) is 0 Å². The zero-order valence-electron chi connectivity index (χ0n) is 12.9. The molecule has 0 unspecified atom stereocenters. The summed E-state index contributed by atoms with van der Waals surface area (Å²) in [6.07, 6.45) is 0. The predicted octanol–water partition coefficient (Wildman–Crippen LogP) is 1.98. The van der Waals surface area contributed by atoms with Crippen LogP contribution in [0.1, 0.15) is 13.8 Å². The molecule has 2 amide bonds. The summed E-state index contributed by atoms with van der Waals surface area (Å²) in [6.45, 7) is 5.30. The Morgan fingerprint density at radius 2 is 1.71 bits per heavy atom. The van der Waals surface area contributed by atoms with Gasteiger partial charge in [-0.25, -0.2) is 0 Å². The Morgan fingerprint density at radius 1 is 1.14 bits per heavy atom. The molecule has 0 fully saturated rings. The van der Waals surface area contributed by atoms with Crippen LogP contribution in [-0.2, 0) is 9.59 Å². The van der Waals surface area contributed by atoms with E-state index in [4.69, 9.17) is 11.6 Å². The molecule has 0 radical (unpaired) electrons. The van der Waals surface area contributed by atoms with Crippen LogP contribution in [0.3, 0.4) is 0 Å². The lowest BCUT2D eigenvalue weighted by molar-refractivity contribution is -0.136. The van der Waals surface area contributed by atoms with Crippen molar-refractivity contribution < 1.29 is 9.59 Å². The third-order valence-corrected chi connectivity index (χ3v) is 3.03. The summed E-state index contributed by atoms with van der Waals surface area (Å²) >= 11 is 5.76. The molecule has 0 spiro atoms. The number of anilines is 1. The largest absolute Gasteiger partial charge is 0.347 e. The number of hydrogen-bond donors (Lipinski definition) is 2. The average Bonchev–Trinajstić information content (AvgIpc) is 2.37. The molecular weight excluding hydrogens is 290 g/mol. The van der Waals surface area contributed by atoms with Gasteiger partial charge in [0, 0.05) is 23.8 Å². The summed E-state index contributed by atoms with van der Waals surface area (Å²) in [5.74, 6) is -1.32. The van der Waals surface area contributed by atoms with E-state index in [2.05, 4.69) is 10.6 Å². The number of amides is 2. The second-order valence-electron chi connectivity index (χ2n) is 6.05. The maximum Gasteiger partial charge on any atom is 0.313 e. The van der Waals surface area contributed by atoms with Crippen molar-refractivity contribution in [1.82, 2.24) is 10.2 Å².